The summed E-state index contributed by atoms with van der Waals surface area (Å²) < 4.78 is 0. The van der Waals surface area contributed by atoms with E-state index < -0.39 is 0 Å². The monoisotopic (exact) mass is 188 g/mol. The lowest BCUT2D eigenvalue weighted by atomic mass is 10.0. The Hall–Kier alpha value is -1.02. The summed E-state index contributed by atoms with van der Waals surface area (Å²) in [6, 6.07) is 4.55. The minimum Gasteiger partial charge on any atom is -0.369 e. The number of nitrogens with one attached hydrogen (secondary N) is 1. The molecule has 0 aromatic heterocycles. The highest BCUT2D eigenvalue weighted by Gasteiger charge is 2.24. The fraction of sp³-hybridized carbons (Fsp3) is 0.500. The highest BCUT2D eigenvalue weighted by Crippen LogP contribution is 2.34. The molecule has 2 aliphatic heterocycles. The Morgan fingerprint density at radius 3 is 3.14 bits per heavy atom. The maximum Gasteiger partial charge on any atom is 0.0448 e. The van der Waals surface area contributed by atoms with Crippen LogP contribution in [0.3, 0.4) is 0 Å². The molecule has 0 aliphatic carbocycles. The topological polar surface area (TPSA) is 15.3 Å². The van der Waals surface area contributed by atoms with Gasteiger partial charge in [0.15, 0.2) is 0 Å². The molecule has 1 N–H and O–H groups in total. The summed E-state index contributed by atoms with van der Waals surface area (Å²) in [6.07, 6.45) is 1.25. The second-order valence-corrected chi connectivity index (χ2v) is 4.28. The fourth-order valence-electron chi connectivity index (χ4n) is 2.66. The van der Waals surface area contributed by atoms with E-state index in [1.165, 1.54) is 36.3 Å². The lowest BCUT2D eigenvalue weighted by molar-refractivity contribution is 0.692. The van der Waals surface area contributed by atoms with E-state index in [9.17, 15) is 0 Å². The van der Waals surface area contributed by atoms with E-state index in [1.54, 1.807) is 5.56 Å². The molecular weight excluding hydrogens is 172 g/mol. The Labute approximate surface area is 84.9 Å². The highest BCUT2D eigenvalue weighted by atomic mass is 15.2. The van der Waals surface area contributed by atoms with Crippen LogP contribution < -0.4 is 10.2 Å². The second kappa shape index (κ2) is 2.99. The van der Waals surface area contributed by atoms with Gasteiger partial charge < -0.3 is 10.2 Å². The van der Waals surface area contributed by atoms with Crippen LogP contribution in [-0.2, 0) is 13.0 Å². The van der Waals surface area contributed by atoms with E-state index in [-0.39, 0.29) is 0 Å². The summed E-state index contributed by atoms with van der Waals surface area (Å²) in [4.78, 5) is 2.54. The van der Waals surface area contributed by atoms with Crippen molar-refractivity contribution in [2.24, 2.45) is 0 Å². The van der Waals surface area contributed by atoms with Crippen molar-refractivity contribution in [3.63, 3.8) is 0 Å². The van der Waals surface area contributed by atoms with Crippen LogP contribution in [0, 0.1) is 6.92 Å². The van der Waals surface area contributed by atoms with Crippen LogP contribution in [0.25, 0.3) is 0 Å². The molecule has 0 atom stereocenters. The van der Waals surface area contributed by atoms with Gasteiger partial charge in [-0.2, -0.15) is 0 Å². The summed E-state index contributed by atoms with van der Waals surface area (Å²) in [6.45, 7) is 6.78. The molecular formula is C12H16N2. The third kappa shape index (κ3) is 1.07. The molecule has 2 nitrogen and oxygen atoms in total. The van der Waals surface area contributed by atoms with Gasteiger partial charge in [-0.3, -0.25) is 0 Å². The summed E-state index contributed by atoms with van der Waals surface area (Å²) in [5.41, 5.74) is 6.08. The normalized spacial score (nSPS) is 19.4. The molecule has 0 saturated heterocycles. The third-order valence-corrected chi connectivity index (χ3v) is 3.42. The van der Waals surface area contributed by atoms with Crippen molar-refractivity contribution in [2.75, 3.05) is 24.5 Å². The number of hydrogen-bond acceptors (Lipinski definition) is 2. The molecule has 0 bridgehead atoms. The first-order valence-corrected chi connectivity index (χ1v) is 5.43. The Morgan fingerprint density at radius 1 is 1.29 bits per heavy atom. The number of benzene rings is 1. The van der Waals surface area contributed by atoms with E-state index in [4.69, 9.17) is 0 Å². The van der Waals surface area contributed by atoms with Gasteiger partial charge in [-0.25, -0.2) is 0 Å². The number of nitrogens with zero attached hydrogens (tertiary/aromatic N) is 1. The fourth-order valence-corrected chi connectivity index (χ4v) is 2.66. The summed E-state index contributed by atoms with van der Waals surface area (Å²) in [7, 11) is 0. The molecule has 3 rings (SSSR count). The molecule has 74 valence electrons. The smallest absolute Gasteiger partial charge is 0.0448 e. The van der Waals surface area contributed by atoms with Gasteiger partial charge >= 0.3 is 0 Å². The molecule has 2 aliphatic rings. The van der Waals surface area contributed by atoms with Crippen LogP contribution in [0.4, 0.5) is 5.69 Å². The molecule has 1 aromatic carbocycles. The molecule has 0 spiro atoms. The minimum absolute atomic E-state index is 1.04. The molecule has 0 radical (unpaired) electrons. The zero-order valence-corrected chi connectivity index (χ0v) is 8.64. The van der Waals surface area contributed by atoms with Gasteiger partial charge in [-0.05, 0) is 30.0 Å². The van der Waals surface area contributed by atoms with E-state index in [0.29, 0.717) is 0 Å². The largest absolute Gasteiger partial charge is 0.369 e. The van der Waals surface area contributed by atoms with Gasteiger partial charge in [0, 0.05) is 31.9 Å². The van der Waals surface area contributed by atoms with Gasteiger partial charge in [0.2, 0.25) is 0 Å². The lowest BCUT2D eigenvalue weighted by Crippen LogP contribution is -2.27. The standard InChI is InChI=1S/C12H16N2/c1-9-2-3-10-8-13-5-7-14-6-4-11(9)12(10)14/h2-3,13H,4-8H2,1H3. The van der Waals surface area contributed by atoms with Crippen LogP contribution in [-0.4, -0.2) is 19.6 Å². The number of hydrogen-bond donors (Lipinski definition) is 1. The summed E-state index contributed by atoms with van der Waals surface area (Å²) in [5, 5.41) is 3.47. The number of aryl methyl sites for hydroxylation is 1. The van der Waals surface area contributed by atoms with Crippen LogP contribution in [0.2, 0.25) is 0 Å². The maximum atomic E-state index is 3.47. The number of anilines is 1. The molecule has 2 heterocycles. The van der Waals surface area contributed by atoms with Crippen molar-refractivity contribution in [1.29, 1.82) is 0 Å². The highest BCUT2D eigenvalue weighted by molar-refractivity contribution is 5.66. The SMILES string of the molecule is Cc1ccc2c3c1CCN3CCNC2. The van der Waals surface area contributed by atoms with Crippen molar-refractivity contribution >= 4 is 5.69 Å². The molecule has 14 heavy (non-hydrogen) atoms. The van der Waals surface area contributed by atoms with Crippen LogP contribution in [0.1, 0.15) is 16.7 Å². The van der Waals surface area contributed by atoms with Crippen molar-refractivity contribution in [1.82, 2.24) is 5.32 Å². The molecule has 0 saturated carbocycles. The summed E-state index contributed by atoms with van der Waals surface area (Å²) in [5.74, 6) is 0. The molecule has 0 fully saturated rings. The van der Waals surface area contributed by atoms with E-state index in [1.807, 2.05) is 0 Å². The van der Waals surface area contributed by atoms with Gasteiger partial charge in [0.05, 0.1) is 0 Å². The van der Waals surface area contributed by atoms with E-state index in [0.717, 1.165) is 13.1 Å². The second-order valence-electron chi connectivity index (χ2n) is 4.28. The first kappa shape index (κ1) is 8.30. The van der Waals surface area contributed by atoms with Crippen LogP contribution in [0.5, 0.6) is 0 Å². The number of rotatable bonds is 0. The minimum atomic E-state index is 1.04. The van der Waals surface area contributed by atoms with Gasteiger partial charge in [-0.1, -0.05) is 12.1 Å². The Balaban J connectivity index is 2.20. The Morgan fingerprint density at radius 2 is 2.21 bits per heavy atom. The van der Waals surface area contributed by atoms with Crippen molar-refractivity contribution < 1.29 is 0 Å². The molecule has 1 aromatic rings. The Bertz CT molecular complexity index is 371. The molecule has 0 amide bonds. The average molecular weight is 188 g/mol. The van der Waals surface area contributed by atoms with Crippen molar-refractivity contribution in [3.8, 4) is 0 Å². The van der Waals surface area contributed by atoms with Gasteiger partial charge in [0.25, 0.3) is 0 Å². The quantitative estimate of drug-likeness (QED) is 0.663. The molecule has 2 heteroatoms. The van der Waals surface area contributed by atoms with Crippen molar-refractivity contribution in [2.45, 2.75) is 19.9 Å². The Kier molecular flexibility index (Phi) is 1.77. The molecule has 0 unspecified atom stereocenters. The predicted octanol–water partition coefficient (Wildman–Crippen LogP) is 1.46. The first-order chi connectivity index (χ1) is 6.86. The predicted molar refractivity (Wildman–Crippen MR) is 58.8 cm³/mol. The maximum absolute atomic E-state index is 3.47. The lowest BCUT2D eigenvalue weighted by Gasteiger charge is -2.18. The summed E-state index contributed by atoms with van der Waals surface area (Å²) >= 11 is 0. The van der Waals surface area contributed by atoms with E-state index >= 15 is 0 Å². The third-order valence-electron chi connectivity index (χ3n) is 3.42. The van der Waals surface area contributed by atoms with Crippen LogP contribution in [0.15, 0.2) is 12.1 Å². The zero-order valence-electron chi connectivity index (χ0n) is 8.64. The van der Waals surface area contributed by atoms with E-state index in [2.05, 4.69) is 29.3 Å². The average Bonchev–Trinajstić information content (AvgIpc) is 2.51. The van der Waals surface area contributed by atoms with Crippen LogP contribution >= 0.6 is 0 Å². The first-order valence-electron chi connectivity index (χ1n) is 5.43. The van der Waals surface area contributed by atoms with Gasteiger partial charge in [-0.15, -0.1) is 0 Å². The van der Waals surface area contributed by atoms with Gasteiger partial charge in [0.1, 0.15) is 0 Å². The van der Waals surface area contributed by atoms with Crippen molar-refractivity contribution in [3.05, 3.63) is 28.8 Å². The zero-order chi connectivity index (χ0) is 9.54.